The molecule has 1 aromatic rings. The summed E-state index contributed by atoms with van der Waals surface area (Å²) in [4.78, 5) is 18.6. The summed E-state index contributed by atoms with van der Waals surface area (Å²) in [5.41, 5.74) is 0.811. The number of hydrogen-bond donors (Lipinski definition) is 0. The molecule has 1 unspecified atom stereocenters. The maximum absolute atomic E-state index is 11.8. The number of nitrogens with zero attached hydrogens (tertiary/aromatic N) is 2. The van der Waals surface area contributed by atoms with E-state index in [9.17, 15) is 4.79 Å². The molecule has 0 spiro atoms. The number of rotatable bonds is 6. The number of aromatic nitrogens is 1. The molecule has 0 saturated carbocycles. The Kier molecular flexibility index (Phi) is 5.76. The zero-order chi connectivity index (χ0) is 15.3. The number of aryl methyl sites for hydroxylation is 1. The molecular weight excluding hydrogens is 332 g/mol. The summed E-state index contributed by atoms with van der Waals surface area (Å²) >= 11 is 3.39. The molecule has 1 fully saturated rings. The van der Waals surface area contributed by atoms with Gasteiger partial charge in [0.1, 0.15) is 4.60 Å². The van der Waals surface area contributed by atoms with Gasteiger partial charge in [-0.1, -0.05) is 6.07 Å². The fourth-order valence-electron chi connectivity index (χ4n) is 2.89. The molecular formula is C16H23BrN2O2. The van der Waals surface area contributed by atoms with Crippen molar-refractivity contribution < 1.29 is 9.53 Å². The van der Waals surface area contributed by atoms with Gasteiger partial charge in [0.05, 0.1) is 12.5 Å². The van der Waals surface area contributed by atoms with Crippen LogP contribution in [0, 0.1) is 5.41 Å². The lowest BCUT2D eigenvalue weighted by molar-refractivity contribution is -0.150. The Morgan fingerprint density at radius 3 is 3.00 bits per heavy atom. The summed E-state index contributed by atoms with van der Waals surface area (Å²) in [6.07, 6.45) is 4.15. The normalized spacial score (nSPS) is 22.4. The van der Waals surface area contributed by atoms with E-state index in [1.54, 1.807) is 0 Å². The lowest BCUT2D eigenvalue weighted by Gasteiger charge is -2.21. The smallest absolute Gasteiger partial charge is 0.312 e. The number of carbonyl (C=O) groups excluding carboxylic acids is 1. The molecule has 1 aromatic heterocycles. The molecule has 0 aliphatic carbocycles. The van der Waals surface area contributed by atoms with Crippen LogP contribution >= 0.6 is 15.9 Å². The van der Waals surface area contributed by atoms with E-state index in [2.05, 4.69) is 31.9 Å². The maximum Gasteiger partial charge on any atom is 0.312 e. The number of hydrogen-bond acceptors (Lipinski definition) is 4. The van der Waals surface area contributed by atoms with Crippen molar-refractivity contribution in [2.75, 3.05) is 26.7 Å². The fourth-order valence-corrected chi connectivity index (χ4v) is 3.27. The first-order valence-corrected chi connectivity index (χ1v) is 8.25. The van der Waals surface area contributed by atoms with Gasteiger partial charge in [-0.15, -0.1) is 0 Å². The highest BCUT2D eigenvalue weighted by Gasteiger charge is 2.40. The summed E-state index contributed by atoms with van der Waals surface area (Å²) in [7, 11) is 1.47. The van der Waals surface area contributed by atoms with E-state index in [-0.39, 0.29) is 11.4 Å². The van der Waals surface area contributed by atoms with Gasteiger partial charge in [-0.2, -0.15) is 0 Å². The lowest BCUT2D eigenvalue weighted by atomic mass is 9.90. The highest BCUT2D eigenvalue weighted by atomic mass is 79.9. The zero-order valence-corrected chi connectivity index (χ0v) is 14.4. The maximum atomic E-state index is 11.8. The summed E-state index contributed by atoms with van der Waals surface area (Å²) in [6, 6.07) is 6.03. The SMILES string of the molecule is COC(=O)C1(C)CCN(CCCCc2cccc(Br)n2)C1. The van der Waals surface area contributed by atoms with E-state index in [0.717, 1.165) is 55.6 Å². The van der Waals surface area contributed by atoms with Crippen molar-refractivity contribution in [1.82, 2.24) is 9.88 Å². The van der Waals surface area contributed by atoms with Crippen LogP contribution in [0.25, 0.3) is 0 Å². The van der Waals surface area contributed by atoms with Crippen LogP contribution in [-0.4, -0.2) is 42.6 Å². The van der Waals surface area contributed by atoms with Crippen LogP contribution in [0.3, 0.4) is 0 Å². The average molecular weight is 355 g/mol. The van der Waals surface area contributed by atoms with E-state index in [4.69, 9.17) is 4.74 Å². The summed E-state index contributed by atoms with van der Waals surface area (Å²) in [5.74, 6) is -0.0802. The van der Waals surface area contributed by atoms with Crippen molar-refractivity contribution in [2.45, 2.75) is 32.6 Å². The average Bonchev–Trinajstić information content (AvgIpc) is 2.86. The Labute approximate surface area is 135 Å². The summed E-state index contributed by atoms with van der Waals surface area (Å²) < 4.78 is 5.80. The van der Waals surface area contributed by atoms with Gasteiger partial charge in [-0.05, 0) is 73.8 Å². The molecule has 2 heterocycles. The fraction of sp³-hybridized carbons (Fsp3) is 0.625. The second-order valence-electron chi connectivity index (χ2n) is 5.99. The Morgan fingerprint density at radius 2 is 2.29 bits per heavy atom. The van der Waals surface area contributed by atoms with Crippen LogP contribution < -0.4 is 0 Å². The molecule has 0 amide bonds. The first kappa shape index (κ1) is 16.4. The molecule has 0 aromatic carbocycles. The predicted octanol–water partition coefficient (Wildman–Crippen LogP) is 3.05. The van der Waals surface area contributed by atoms with Crippen LogP contribution in [0.15, 0.2) is 22.8 Å². The van der Waals surface area contributed by atoms with Gasteiger partial charge in [0.15, 0.2) is 0 Å². The number of methoxy groups -OCH3 is 1. The molecule has 5 heteroatoms. The van der Waals surface area contributed by atoms with E-state index >= 15 is 0 Å². The van der Waals surface area contributed by atoms with Gasteiger partial charge in [0.2, 0.25) is 0 Å². The first-order chi connectivity index (χ1) is 10.0. The molecule has 1 aliphatic rings. The number of carbonyl (C=O) groups is 1. The van der Waals surface area contributed by atoms with Crippen LogP contribution in [0.5, 0.6) is 0 Å². The van der Waals surface area contributed by atoms with E-state index in [0.29, 0.717) is 0 Å². The summed E-state index contributed by atoms with van der Waals surface area (Å²) in [5, 5.41) is 0. The molecule has 1 saturated heterocycles. The number of unbranched alkanes of at least 4 members (excludes halogenated alkanes) is 1. The van der Waals surface area contributed by atoms with E-state index in [1.807, 2.05) is 19.1 Å². The van der Waals surface area contributed by atoms with Gasteiger partial charge in [0, 0.05) is 12.2 Å². The van der Waals surface area contributed by atoms with Crippen molar-refractivity contribution in [1.29, 1.82) is 0 Å². The van der Waals surface area contributed by atoms with E-state index in [1.165, 1.54) is 7.11 Å². The Balaban J connectivity index is 1.69. The van der Waals surface area contributed by atoms with E-state index < -0.39 is 0 Å². The third-order valence-electron chi connectivity index (χ3n) is 4.16. The van der Waals surface area contributed by atoms with Crippen LogP contribution in [-0.2, 0) is 16.0 Å². The second kappa shape index (κ2) is 7.36. The Bertz CT molecular complexity index is 495. The van der Waals surface area contributed by atoms with Crippen molar-refractivity contribution in [3.63, 3.8) is 0 Å². The monoisotopic (exact) mass is 354 g/mol. The predicted molar refractivity (Wildman–Crippen MR) is 86.1 cm³/mol. The van der Waals surface area contributed by atoms with Gasteiger partial charge >= 0.3 is 5.97 Å². The number of ether oxygens (including phenoxy) is 1. The van der Waals surface area contributed by atoms with Crippen molar-refractivity contribution in [3.8, 4) is 0 Å². The Morgan fingerprint density at radius 1 is 1.48 bits per heavy atom. The molecule has 116 valence electrons. The largest absolute Gasteiger partial charge is 0.469 e. The van der Waals surface area contributed by atoms with Gasteiger partial charge < -0.3 is 9.64 Å². The number of esters is 1. The third-order valence-corrected chi connectivity index (χ3v) is 4.60. The van der Waals surface area contributed by atoms with Crippen LogP contribution in [0.4, 0.5) is 0 Å². The lowest BCUT2D eigenvalue weighted by Crippen LogP contribution is -2.33. The molecule has 0 N–H and O–H groups in total. The molecule has 0 bridgehead atoms. The molecule has 0 radical (unpaired) electrons. The number of likely N-dealkylation sites (tertiary alicyclic amines) is 1. The molecule has 1 atom stereocenters. The quantitative estimate of drug-likeness (QED) is 0.447. The Hall–Kier alpha value is -0.940. The molecule has 1 aliphatic heterocycles. The molecule has 2 rings (SSSR count). The number of pyridine rings is 1. The summed E-state index contributed by atoms with van der Waals surface area (Å²) in [6.45, 7) is 4.85. The number of halogens is 1. The topological polar surface area (TPSA) is 42.4 Å². The third kappa shape index (κ3) is 4.51. The molecule has 21 heavy (non-hydrogen) atoms. The molecule has 4 nitrogen and oxygen atoms in total. The minimum absolute atomic E-state index is 0.0802. The van der Waals surface area contributed by atoms with Crippen molar-refractivity contribution >= 4 is 21.9 Å². The highest BCUT2D eigenvalue weighted by molar-refractivity contribution is 9.10. The van der Waals surface area contributed by atoms with Crippen molar-refractivity contribution in [2.24, 2.45) is 5.41 Å². The van der Waals surface area contributed by atoms with Crippen molar-refractivity contribution in [3.05, 3.63) is 28.5 Å². The minimum atomic E-state index is -0.319. The second-order valence-corrected chi connectivity index (χ2v) is 6.80. The standard InChI is InChI=1S/C16H23BrN2O2/c1-16(15(20)21-2)9-11-19(12-16)10-4-3-6-13-7-5-8-14(17)18-13/h5,7-8H,3-4,6,9-12H2,1-2H3. The zero-order valence-electron chi connectivity index (χ0n) is 12.8. The first-order valence-electron chi connectivity index (χ1n) is 7.46. The van der Waals surface area contributed by atoms with Gasteiger partial charge in [0.25, 0.3) is 0 Å². The highest BCUT2D eigenvalue weighted by Crippen LogP contribution is 2.31. The van der Waals surface area contributed by atoms with Crippen LogP contribution in [0.1, 0.15) is 31.9 Å². The van der Waals surface area contributed by atoms with Crippen LogP contribution in [0.2, 0.25) is 0 Å². The minimum Gasteiger partial charge on any atom is -0.469 e. The van der Waals surface area contributed by atoms with Gasteiger partial charge in [-0.3, -0.25) is 4.79 Å². The van der Waals surface area contributed by atoms with Gasteiger partial charge in [-0.25, -0.2) is 4.98 Å².